The Kier molecular flexibility index (Phi) is 21.9. The van der Waals surface area contributed by atoms with Crippen LogP contribution in [0.1, 0.15) is 110 Å². The van der Waals surface area contributed by atoms with Crippen molar-refractivity contribution in [1.82, 2.24) is 0 Å². The van der Waals surface area contributed by atoms with Gasteiger partial charge in [-0.2, -0.15) is 8.42 Å². The molecule has 0 aromatic rings. The zero-order chi connectivity index (χ0) is 20.1. The Labute approximate surface area is 160 Å². The zero-order valence-electron chi connectivity index (χ0n) is 16.7. The van der Waals surface area contributed by atoms with Crippen LogP contribution >= 0.6 is 0 Å². The maximum atomic E-state index is 10.3. The van der Waals surface area contributed by atoms with Gasteiger partial charge in [0, 0.05) is 6.42 Å². The lowest BCUT2D eigenvalue weighted by molar-refractivity contribution is -0.137. The first kappa shape index (κ1) is 27.6. The van der Waals surface area contributed by atoms with Crippen molar-refractivity contribution >= 4 is 16.4 Å². The zero-order valence-corrected chi connectivity index (χ0v) is 17.6. The molecule has 0 aromatic heterocycles. The molecular weight excluding hydrogens is 356 g/mol. The van der Waals surface area contributed by atoms with Crippen LogP contribution in [0.4, 0.5) is 0 Å². The summed E-state index contributed by atoms with van der Waals surface area (Å²) in [7, 11) is -3.29. The molecule has 6 nitrogen and oxygen atoms in total. The summed E-state index contributed by atoms with van der Waals surface area (Å²) in [5.74, 6) is -0.653. The van der Waals surface area contributed by atoms with Gasteiger partial charge < -0.3 is 5.11 Å². The highest BCUT2D eigenvalue weighted by Crippen LogP contribution is 2.13. The highest BCUT2D eigenvalue weighted by molar-refractivity contribution is 7.80. The number of carboxylic acid groups (broad SMARTS) is 1. The average molecular weight is 397 g/mol. The van der Waals surface area contributed by atoms with Crippen molar-refractivity contribution in [3.63, 3.8) is 0 Å². The molecule has 0 atom stereocenters. The standard InChI is InChI=1S/C18H36O2.CH4O4S/c1-2-3-4-5-6-7-8-9-10-11-12-13-14-15-16-17-18(19)20;1-5-6(2,3)4/h2-17H2,1H3,(H,19,20);1H3,(H,2,3,4). The van der Waals surface area contributed by atoms with Crippen molar-refractivity contribution in [2.45, 2.75) is 110 Å². The highest BCUT2D eigenvalue weighted by Gasteiger charge is 1.97. The Morgan fingerprint density at radius 1 is 0.731 bits per heavy atom. The molecule has 0 radical (unpaired) electrons. The minimum atomic E-state index is -4.16. The fourth-order valence-corrected chi connectivity index (χ4v) is 2.65. The largest absolute Gasteiger partial charge is 0.481 e. The van der Waals surface area contributed by atoms with Gasteiger partial charge in [-0.05, 0) is 6.42 Å². The van der Waals surface area contributed by atoms with Gasteiger partial charge >= 0.3 is 16.4 Å². The number of carbonyl (C=O) groups is 1. The molecule has 0 heterocycles. The molecule has 2 N–H and O–H groups in total. The predicted octanol–water partition coefficient (Wildman–Crippen LogP) is 5.77. The number of rotatable bonds is 17. The summed E-state index contributed by atoms with van der Waals surface area (Å²) in [5.41, 5.74) is 0. The van der Waals surface area contributed by atoms with Gasteiger partial charge in [-0.15, -0.1) is 0 Å². The van der Waals surface area contributed by atoms with Crippen molar-refractivity contribution in [2.24, 2.45) is 0 Å². The van der Waals surface area contributed by atoms with E-state index in [1.165, 1.54) is 83.5 Å². The lowest BCUT2D eigenvalue weighted by atomic mass is 10.0. The molecule has 0 spiro atoms. The molecule has 0 rings (SSSR count). The summed E-state index contributed by atoms with van der Waals surface area (Å²) in [6.07, 6.45) is 20.2. The van der Waals surface area contributed by atoms with E-state index in [1.807, 2.05) is 0 Å². The van der Waals surface area contributed by atoms with Gasteiger partial charge in [0.15, 0.2) is 0 Å². The first-order valence-corrected chi connectivity index (χ1v) is 11.4. The van der Waals surface area contributed by atoms with Crippen LogP contribution in [-0.2, 0) is 19.4 Å². The molecule has 0 aromatic carbocycles. The fourth-order valence-electron chi connectivity index (χ4n) is 2.65. The molecular formula is C19H40O6S. The van der Waals surface area contributed by atoms with Crippen molar-refractivity contribution < 1.29 is 27.1 Å². The van der Waals surface area contributed by atoms with E-state index in [1.54, 1.807) is 0 Å². The summed E-state index contributed by atoms with van der Waals surface area (Å²) in [4.78, 5) is 10.3. The molecule has 0 saturated carbocycles. The highest BCUT2D eigenvalue weighted by atomic mass is 32.3. The Hall–Kier alpha value is -0.660. The Balaban J connectivity index is 0. The van der Waals surface area contributed by atoms with Crippen LogP contribution in [0.5, 0.6) is 0 Å². The van der Waals surface area contributed by atoms with E-state index in [9.17, 15) is 13.2 Å². The van der Waals surface area contributed by atoms with Crippen molar-refractivity contribution in [2.75, 3.05) is 7.11 Å². The number of hydrogen-bond donors (Lipinski definition) is 2. The number of carboxylic acids is 1. The molecule has 0 aliphatic rings. The summed E-state index contributed by atoms with van der Waals surface area (Å²) in [5, 5.41) is 8.52. The summed E-state index contributed by atoms with van der Waals surface area (Å²) in [6, 6.07) is 0. The molecule has 158 valence electrons. The van der Waals surface area contributed by atoms with E-state index in [4.69, 9.17) is 9.66 Å². The molecule has 0 amide bonds. The van der Waals surface area contributed by atoms with Gasteiger partial charge in [0.25, 0.3) is 0 Å². The average Bonchev–Trinajstić information content (AvgIpc) is 2.58. The maximum absolute atomic E-state index is 10.3. The molecule has 0 aliphatic carbocycles. The Bertz CT molecular complexity index is 395. The summed E-state index contributed by atoms with van der Waals surface area (Å²) >= 11 is 0. The van der Waals surface area contributed by atoms with Crippen LogP contribution in [0.3, 0.4) is 0 Å². The predicted molar refractivity (Wildman–Crippen MR) is 106 cm³/mol. The number of hydrogen-bond acceptors (Lipinski definition) is 4. The summed E-state index contributed by atoms with van der Waals surface area (Å²) < 4.78 is 29.7. The molecule has 7 heteroatoms. The molecule has 26 heavy (non-hydrogen) atoms. The van der Waals surface area contributed by atoms with Gasteiger partial charge in [0.2, 0.25) is 0 Å². The first-order chi connectivity index (χ1) is 12.3. The van der Waals surface area contributed by atoms with Gasteiger partial charge in [0.1, 0.15) is 0 Å². The minimum Gasteiger partial charge on any atom is -0.481 e. The third-order valence-corrected chi connectivity index (χ3v) is 4.63. The maximum Gasteiger partial charge on any atom is 0.397 e. The first-order valence-electron chi connectivity index (χ1n) is 10.1. The molecule has 0 unspecified atom stereocenters. The second kappa shape index (κ2) is 20.6. The second-order valence-corrected chi connectivity index (χ2v) is 7.88. The van der Waals surface area contributed by atoms with E-state index in [0.29, 0.717) is 6.42 Å². The smallest absolute Gasteiger partial charge is 0.397 e. The topological polar surface area (TPSA) is 101 Å². The third-order valence-electron chi connectivity index (χ3n) is 4.20. The van der Waals surface area contributed by atoms with E-state index in [2.05, 4.69) is 11.1 Å². The number of unbranched alkanes of at least 4 members (excludes halogenated alkanes) is 14. The van der Waals surface area contributed by atoms with Gasteiger partial charge in [-0.1, -0.05) is 96.8 Å². The minimum absolute atomic E-state index is 0.345. The normalized spacial score (nSPS) is 11.0. The van der Waals surface area contributed by atoms with Crippen molar-refractivity contribution in [3.8, 4) is 0 Å². The van der Waals surface area contributed by atoms with Crippen molar-refractivity contribution in [3.05, 3.63) is 0 Å². The van der Waals surface area contributed by atoms with Crippen LogP contribution in [-0.4, -0.2) is 31.2 Å². The quantitative estimate of drug-likeness (QED) is 0.239. The van der Waals surface area contributed by atoms with Gasteiger partial charge in [-0.3, -0.25) is 13.5 Å². The van der Waals surface area contributed by atoms with Crippen LogP contribution < -0.4 is 0 Å². The van der Waals surface area contributed by atoms with Crippen LogP contribution in [0.25, 0.3) is 0 Å². The van der Waals surface area contributed by atoms with Crippen LogP contribution in [0.15, 0.2) is 0 Å². The molecule has 0 saturated heterocycles. The van der Waals surface area contributed by atoms with E-state index in [0.717, 1.165) is 20.0 Å². The van der Waals surface area contributed by atoms with Crippen molar-refractivity contribution in [1.29, 1.82) is 0 Å². The Morgan fingerprint density at radius 2 is 1.00 bits per heavy atom. The third kappa shape index (κ3) is 31.1. The molecule has 0 fully saturated rings. The fraction of sp³-hybridized carbons (Fsp3) is 0.947. The second-order valence-electron chi connectivity index (χ2n) is 6.69. The lowest BCUT2D eigenvalue weighted by Gasteiger charge is -2.03. The number of aliphatic carboxylic acids is 1. The molecule has 0 aliphatic heterocycles. The summed E-state index contributed by atoms with van der Waals surface area (Å²) in [6.45, 7) is 2.27. The monoisotopic (exact) mass is 396 g/mol. The van der Waals surface area contributed by atoms with E-state index < -0.39 is 16.4 Å². The van der Waals surface area contributed by atoms with E-state index in [-0.39, 0.29) is 0 Å². The van der Waals surface area contributed by atoms with Crippen LogP contribution in [0, 0.1) is 0 Å². The van der Waals surface area contributed by atoms with Gasteiger partial charge in [-0.25, -0.2) is 0 Å². The molecule has 0 bridgehead atoms. The van der Waals surface area contributed by atoms with E-state index >= 15 is 0 Å². The van der Waals surface area contributed by atoms with Crippen LogP contribution in [0.2, 0.25) is 0 Å². The SMILES string of the molecule is CCCCCCCCCCCCCCCCCC(=O)O.COS(=O)(=O)O. The lowest BCUT2D eigenvalue weighted by Crippen LogP contribution is -1.96. The van der Waals surface area contributed by atoms with Gasteiger partial charge in [0.05, 0.1) is 7.11 Å². The Morgan fingerprint density at radius 3 is 1.23 bits per heavy atom.